The van der Waals surface area contributed by atoms with Crippen LogP contribution in [0.1, 0.15) is 17.2 Å². The van der Waals surface area contributed by atoms with Crippen molar-refractivity contribution in [1.82, 2.24) is 0 Å². The van der Waals surface area contributed by atoms with Gasteiger partial charge in [0.1, 0.15) is 25.1 Å². The lowest BCUT2D eigenvalue weighted by atomic mass is 10.0. The number of ether oxygens (including phenoxy) is 3. The third kappa shape index (κ3) is 5.22. The van der Waals surface area contributed by atoms with Gasteiger partial charge >= 0.3 is 0 Å². The summed E-state index contributed by atoms with van der Waals surface area (Å²) in [7, 11) is 2.87. The Morgan fingerprint density at radius 1 is 1.00 bits per heavy atom. The maximum absolute atomic E-state index is 10.4. The molecule has 27 heavy (non-hydrogen) atoms. The van der Waals surface area contributed by atoms with Gasteiger partial charge in [0, 0.05) is 0 Å². The smallest absolute Gasteiger partial charge is 0.161 e. The van der Waals surface area contributed by atoms with Crippen LogP contribution in [0.5, 0.6) is 23.0 Å². The van der Waals surface area contributed by atoms with Crippen LogP contribution in [0, 0.1) is 0 Å². The van der Waals surface area contributed by atoms with Crippen molar-refractivity contribution in [3.05, 3.63) is 53.6 Å². The van der Waals surface area contributed by atoms with Crippen molar-refractivity contribution in [2.75, 3.05) is 20.8 Å². The summed E-state index contributed by atoms with van der Waals surface area (Å²) >= 11 is 0. The average Bonchev–Trinajstić information content (AvgIpc) is 2.70. The van der Waals surface area contributed by atoms with E-state index in [2.05, 4.69) is 0 Å². The highest BCUT2D eigenvalue weighted by Crippen LogP contribution is 2.31. The number of aromatic hydroxyl groups is 1. The molecule has 0 bridgehead atoms. The van der Waals surface area contributed by atoms with Gasteiger partial charge < -0.3 is 29.5 Å². The first-order valence-electron chi connectivity index (χ1n) is 8.15. The highest BCUT2D eigenvalue weighted by molar-refractivity contribution is 5.74. The minimum atomic E-state index is -1.24. The minimum Gasteiger partial charge on any atom is -0.504 e. The van der Waals surface area contributed by atoms with E-state index in [1.165, 1.54) is 38.5 Å². The summed E-state index contributed by atoms with van der Waals surface area (Å²) in [4.78, 5) is 10.4. The first-order chi connectivity index (χ1) is 13.0. The lowest BCUT2D eigenvalue weighted by Gasteiger charge is -2.20. The summed E-state index contributed by atoms with van der Waals surface area (Å²) < 4.78 is 15.8. The van der Waals surface area contributed by atoms with Crippen LogP contribution in [0.15, 0.2) is 42.5 Å². The molecular formula is C20H22O7. The Labute approximate surface area is 157 Å². The standard InChI is InChI=1S/C20H22O7/c1-25-18-11-14(6-7-15(18)22)20(24)16(23)12-27-17-8-5-13(4-3-9-21)10-19(17)26-2/h3-11,16,20,22-24H,12H2,1-2H3. The molecular weight excluding hydrogens is 352 g/mol. The van der Waals surface area contributed by atoms with Gasteiger partial charge in [-0.3, -0.25) is 4.79 Å². The molecule has 2 aromatic rings. The zero-order valence-electron chi connectivity index (χ0n) is 15.0. The molecule has 0 amide bonds. The van der Waals surface area contributed by atoms with Crippen molar-refractivity contribution in [2.24, 2.45) is 0 Å². The van der Waals surface area contributed by atoms with Crippen LogP contribution in [-0.4, -0.2) is 48.5 Å². The first kappa shape index (κ1) is 20.3. The SMILES string of the molecule is COc1cc(C(O)C(O)COc2ccc(C=CC=O)cc2OC)ccc1O. The van der Waals surface area contributed by atoms with Crippen molar-refractivity contribution in [1.29, 1.82) is 0 Å². The summed E-state index contributed by atoms with van der Waals surface area (Å²) in [5, 5.41) is 30.1. The van der Waals surface area contributed by atoms with Gasteiger partial charge in [-0.2, -0.15) is 0 Å². The molecule has 2 unspecified atom stereocenters. The van der Waals surface area contributed by atoms with E-state index in [1.807, 2.05) is 0 Å². The monoisotopic (exact) mass is 374 g/mol. The number of phenols is 1. The molecule has 144 valence electrons. The van der Waals surface area contributed by atoms with E-state index in [0.717, 1.165) is 5.56 Å². The van der Waals surface area contributed by atoms with E-state index in [1.54, 1.807) is 24.3 Å². The normalized spacial score (nSPS) is 13.2. The Kier molecular flexibility index (Phi) is 7.22. The van der Waals surface area contributed by atoms with Crippen LogP contribution >= 0.6 is 0 Å². The molecule has 0 heterocycles. The molecule has 7 nitrogen and oxygen atoms in total. The van der Waals surface area contributed by atoms with E-state index in [9.17, 15) is 20.1 Å². The van der Waals surface area contributed by atoms with E-state index < -0.39 is 12.2 Å². The van der Waals surface area contributed by atoms with Crippen molar-refractivity contribution < 1.29 is 34.3 Å². The predicted molar refractivity (Wildman–Crippen MR) is 99.2 cm³/mol. The third-order valence-corrected chi connectivity index (χ3v) is 3.87. The number of aliphatic hydroxyl groups excluding tert-OH is 2. The third-order valence-electron chi connectivity index (χ3n) is 3.87. The fraction of sp³-hybridized carbons (Fsp3) is 0.250. The number of carbonyl (C=O) groups excluding carboxylic acids is 1. The molecule has 0 aromatic heterocycles. The zero-order chi connectivity index (χ0) is 19.8. The highest BCUT2D eigenvalue weighted by atomic mass is 16.5. The largest absolute Gasteiger partial charge is 0.504 e. The number of hydrogen-bond acceptors (Lipinski definition) is 7. The van der Waals surface area contributed by atoms with Crippen LogP contribution < -0.4 is 14.2 Å². The van der Waals surface area contributed by atoms with Crippen LogP contribution in [0.2, 0.25) is 0 Å². The molecule has 0 saturated heterocycles. The topological polar surface area (TPSA) is 105 Å². The number of phenolic OH excluding ortho intramolecular Hbond substituents is 1. The van der Waals surface area contributed by atoms with Crippen LogP contribution in [0.25, 0.3) is 6.08 Å². The van der Waals surface area contributed by atoms with E-state index in [0.29, 0.717) is 23.3 Å². The second-order valence-corrected chi connectivity index (χ2v) is 5.66. The van der Waals surface area contributed by atoms with Gasteiger partial charge in [-0.05, 0) is 41.5 Å². The number of carbonyl (C=O) groups is 1. The number of aliphatic hydroxyl groups is 2. The van der Waals surface area contributed by atoms with Gasteiger partial charge in [0.15, 0.2) is 23.0 Å². The van der Waals surface area contributed by atoms with Crippen LogP contribution in [0.3, 0.4) is 0 Å². The van der Waals surface area contributed by atoms with Gasteiger partial charge in [0.05, 0.1) is 14.2 Å². The fourth-order valence-corrected chi connectivity index (χ4v) is 2.42. The molecule has 0 aliphatic carbocycles. The van der Waals surface area contributed by atoms with E-state index >= 15 is 0 Å². The maximum atomic E-state index is 10.4. The van der Waals surface area contributed by atoms with E-state index in [-0.39, 0.29) is 18.1 Å². The number of benzene rings is 2. The first-order valence-corrected chi connectivity index (χ1v) is 8.15. The zero-order valence-corrected chi connectivity index (χ0v) is 15.0. The Morgan fingerprint density at radius 3 is 2.41 bits per heavy atom. The molecule has 0 spiro atoms. The van der Waals surface area contributed by atoms with Gasteiger partial charge in [0.25, 0.3) is 0 Å². The molecule has 0 saturated carbocycles. The summed E-state index contributed by atoms with van der Waals surface area (Å²) in [5.74, 6) is 0.944. The summed E-state index contributed by atoms with van der Waals surface area (Å²) in [5.41, 5.74) is 1.13. The molecule has 2 aromatic carbocycles. The molecule has 0 radical (unpaired) electrons. The average molecular weight is 374 g/mol. The quantitative estimate of drug-likeness (QED) is 0.456. The minimum absolute atomic E-state index is 0.0624. The number of methoxy groups -OCH3 is 2. The molecule has 0 aliphatic heterocycles. The maximum Gasteiger partial charge on any atom is 0.161 e. The number of aldehydes is 1. The van der Waals surface area contributed by atoms with Crippen molar-refractivity contribution in [3.63, 3.8) is 0 Å². The predicted octanol–water partition coefficient (Wildman–Crippen LogP) is 2.09. The highest BCUT2D eigenvalue weighted by Gasteiger charge is 2.21. The van der Waals surface area contributed by atoms with Gasteiger partial charge in [-0.15, -0.1) is 0 Å². The molecule has 7 heteroatoms. The number of allylic oxidation sites excluding steroid dienone is 1. The summed E-state index contributed by atoms with van der Waals surface area (Å²) in [6.45, 7) is -0.190. The van der Waals surface area contributed by atoms with Gasteiger partial charge in [-0.1, -0.05) is 18.2 Å². The fourth-order valence-electron chi connectivity index (χ4n) is 2.42. The second kappa shape index (κ2) is 9.61. The number of rotatable bonds is 9. The Hall–Kier alpha value is -3.03. The molecule has 2 atom stereocenters. The number of hydrogen-bond donors (Lipinski definition) is 3. The lowest BCUT2D eigenvalue weighted by molar-refractivity contribution is -0.104. The van der Waals surface area contributed by atoms with Gasteiger partial charge in [-0.25, -0.2) is 0 Å². The molecule has 2 rings (SSSR count). The van der Waals surface area contributed by atoms with Crippen LogP contribution in [0.4, 0.5) is 0 Å². The molecule has 3 N–H and O–H groups in total. The Morgan fingerprint density at radius 2 is 1.74 bits per heavy atom. The van der Waals surface area contributed by atoms with Gasteiger partial charge in [0.2, 0.25) is 0 Å². The second-order valence-electron chi connectivity index (χ2n) is 5.66. The van der Waals surface area contributed by atoms with Crippen LogP contribution in [-0.2, 0) is 4.79 Å². The molecule has 0 aliphatic rings. The van der Waals surface area contributed by atoms with Crippen molar-refractivity contribution in [2.45, 2.75) is 12.2 Å². The Bertz CT molecular complexity index is 801. The van der Waals surface area contributed by atoms with E-state index in [4.69, 9.17) is 14.2 Å². The summed E-state index contributed by atoms with van der Waals surface area (Å²) in [6, 6.07) is 9.36. The van der Waals surface area contributed by atoms with Crippen molar-refractivity contribution in [3.8, 4) is 23.0 Å². The lowest BCUT2D eigenvalue weighted by Crippen LogP contribution is -2.25. The Balaban J connectivity index is 2.07. The summed E-state index contributed by atoms with van der Waals surface area (Å²) in [6.07, 6.45) is 1.20. The van der Waals surface area contributed by atoms with Crippen molar-refractivity contribution >= 4 is 12.4 Å². The molecule has 0 fully saturated rings.